The molecule has 1 aromatic heterocycles. The average Bonchev–Trinajstić information content (AvgIpc) is 2.53. The summed E-state index contributed by atoms with van der Waals surface area (Å²) in [5, 5.41) is 10.8. The fourth-order valence-corrected chi connectivity index (χ4v) is 1.55. The molecule has 0 aliphatic carbocycles. The van der Waals surface area contributed by atoms with E-state index in [2.05, 4.69) is 49.2 Å². The first-order valence-electron chi connectivity index (χ1n) is 5.12. The van der Waals surface area contributed by atoms with E-state index in [0.717, 1.165) is 11.4 Å². The number of aryl methyl sites for hydroxylation is 1. The summed E-state index contributed by atoms with van der Waals surface area (Å²) in [5.74, 6) is 1.16. The van der Waals surface area contributed by atoms with Crippen LogP contribution in [0.4, 0.5) is 0 Å². The highest BCUT2D eigenvalue weighted by Gasteiger charge is 2.17. The Morgan fingerprint density at radius 2 is 2.00 bits per heavy atom. The van der Waals surface area contributed by atoms with Crippen LogP contribution in [0, 0.1) is 18.8 Å². The highest BCUT2D eigenvalue weighted by atomic mass is 15.3. The van der Waals surface area contributed by atoms with Crippen molar-refractivity contribution in [2.24, 2.45) is 11.8 Å². The summed E-state index contributed by atoms with van der Waals surface area (Å²) in [6, 6.07) is 0. The lowest BCUT2D eigenvalue weighted by molar-refractivity contribution is 0.516. The van der Waals surface area contributed by atoms with Gasteiger partial charge in [-0.15, -0.1) is 5.10 Å². The SMILES string of the molecule is C/C=C(/c1[nH]nnc1C)C(C)C(C)C. The van der Waals surface area contributed by atoms with E-state index in [9.17, 15) is 0 Å². The first-order valence-corrected chi connectivity index (χ1v) is 5.12. The van der Waals surface area contributed by atoms with Gasteiger partial charge in [-0.2, -0.15) is 0 Å². The number of allylic oxidation sites excluding steroid dienone is 2. The van der Waals surface area contributed by atoms with Crippen LogP contribution >= 0.6 is 0 Å². The van der Waals surface area contributed by atoms with Gasteiger partial charge in [0, 0.05) is 0 Å². The number of aromatic nitrogens is 3. The van der Waals surface area contributed by atoms with Crippen LogP contribution in [-0.4, -0.2) is 15.4 Å². The number of aromatic amines is 1. The molecule has 1 N–H and O–H groups in total. The monoisotopic (exact) mass is 193 g/mol. The molecular formula is C11H19N3. The summed E-state index contributed by atoms with van der Waals surface area (Å²) in [7, 11) is 0. The van der Waals surface area contributed by atoms with Gasteiger partial charge in [-0.1, -0.05) is 32.1 Å². The van der Waals surface area contributed by atoms with Crippen molar-refractivity contribution in [1.82, 2.24) is 15.4 Å². The Kier molecular flexibility index (Phi) is 3.44. The second kappa shape index (κ2) is 4.40. The molecule has 0 saturated heterocycles. The van der Waals surface area contributed by atoms with Crippen LogP contribution in [0.25, 0.3) is 5.57 Å². The van der Waals surface area contributed by atoms with Gasteiger partial charge >= 0.3 is 0 Å². The third-order valence-electron chi connectivity index (χ3n) is 2.81. The van der Waals surface area contributed by atoms with Crippen molar-refractivity contribution in [2.45, 2.75) is 34.6 Å². The number of nitrogens with one attached hydrogen (secondary N) is 1. The maximum Gasteiger partial charge on any atom is 0.0870 e. The Morgan fingerprint density at radius 3 is 2.36 bits per heavy atom. The van der Waals surface area contributed by atoms with E-state index in [0.29, 0.717) is 11.8 Å². The first kappa shape index (κ1) is 11.0. The van der Waals surface area contributed by atoms with Crippen LogP contribution in [-0.2, 0) is 0 Å². The van der Waals surface area contributed by atoms with E-state index in [1.54, 1.807) is 0 Å². The van der Waals surface area contributed by atoms with Gasteiger partial charge in [0.25, 0.3) is 0 Å². The van der Waals surface area contributed by atoms with Crippen LogP contribution in [0.5, 0.6) is 0 Å². The lowest BCUT2D eigenvalue weighted by atomic mass is 9.87. The molecule has 1 unspecified atom stereocenters. The minimum absolute atomic E-state index is 0.529. The number of hydrogen-bond acceptors (Lipinski definition) is 2. The van der Waals surface area contributed by atoms with Gasteiger partial charge < -0.3 is 0 Å². The lowest BCUT2D eigenvalue weighted by Gasteiger charge is -2.18. The summed E-state index contributed by atoms with van der Waals surface area (Å²) in [6.45, 7) is 10.7. The second-order valence-corrected chi connectivity index (χ2v) is 4.05. The second-order valence-electron chi connectivity index (χ2n) is 4.05. The molecule has 0 bridgehead atoms. The maximum atomic E-state index is 3.98. The molecule has 3 nitrogen and oxygen atoms in total. The van der Waals surface area contributed by atoms with Crippen LogP contribution < -0.4 is 0 Å². The smallest absolute Gasteiger partial charge is 0.0870 e. The minimum Gasteiger partial charge on any atom is -0.258 e. The van der Waals surface area contributed by atoms with E-state index in [1.165, 1.54) is 5.57 Å². The quantitative estimate of drug-likeness (QED) is 0.802. The Balaban J connectivity index is 3.00. The van der Waals surface area contributed by atoms with Crippen molar-refractivity contribution in [3.05, 3.63) is 17.5 Å². The van der Waals surface area contributed by atoms with Crippen LogP contribution in [0.3, 0.4) is 0 Å². The van der Waals surface area contributed by atoms with Crippen molar-refractivity contribution < 1.29 is 0 Å². The van der Waals surface area contributed by atoms with Crippen LogP contribution in [0.2, 0.25) is 0 Å². The maximum absolute atomic E-state index is 3.98. The zero-order valence-electron chi connectivity index (χ0n) is 9.63. The molecule has 1 atom stereocenters. The Morgan fingerprint density at radius 1 is 1.36 bits per heavy atom. The molecule has 0 amide bonds. The summed E-state index contributed by atoms with van der Waals surface area (Å²) in [4.78, 5) is 0. The van der Waals surface area contributed by atoms with Gasteiger partial charge in [0.2, 0.25) is 0 Å². The van der Waals surface area contributed by atoms with Crippen molar-refractivity contribution in [3.63, 3.8) is 0 Å². The van der Waals surface area contributed by atoms with Gasteiger partial charge in [-0.25, -0.2) is 0 Å². The van der Waals surface area contributed by atoms with E-state index < -0.39 is 0 Å². The van der Waals surface area contributed by atoms with Crippen LogP contribution in [0.1, 0.15) is 39.1 Å². The van der Waals surface area contributed by atoms with Crippen molar-refractivity contribution in [1.29, 1.82) is 0 Å². The fraction of sp³-hybridized carbons (Fsp3) is 0.636. The summed E-state index contributed by atoms with van der Waals surface area (Å²) in [6.07, 6.45) is 2.15. The molecule has 0 aromatic carbocycles. The van der Waals surface area contributed by atoms with E-state index in [4.69, 9.17) is 0 Å². The number of H-pyrrole nitrogens is 1. The summed E-state index contributed by atoms with van der Waals surface area (Å²) in [5.41, 5.74) is 3.36. The Bertz CT molecular complexity index is 323. The standard InChI is InChI=1S/C11H19N3/c1-6-10(8(4)7(2)3)11-9(5)12-14-13-11/h6-8H,1-5H3,(H,12,13,14)/b10-6+. The molecule has 0 aliphatic heterocycles. The molecular weight excluding hydrogens is 174 g/mol. The highest BCUT2D eigenvalue weighted by molar-refractivity contribution is 5.65. The van der Waals surface area contributed by atoms with E-state index >= 15 is 0 Å². The van der Waals surface area contributed by atoms with Crippen molar-refractivity contribution in [2.75, 3.05) is 0 Å². The van der Waals surface area contributed by atoms with Crippen LogP contribution in [0.15, 0.2) is 6.08 Å². The molecule has 0 radical (unpaired) electrons. The largest absolute Gasteiger partial charge is 0.258 e. The molecule has 0 spiro atoms. The summed E-state index contributed by atoms with van der Waals surface area (Å²) < 4.78 is 0. The zero-order valence-corrected chi connectivity index (χ0v) is 9.63. The molecule has 0 saturated carbocycles. The average molecular weight is 193 g/mol. The normalized spacial score (nSPS) is 14.9. The zero-order chi connectivity index (χ0) is 10.7. The molecule has 78 valence electrons. The van der Waals surface area contributed by atoms with Gasteiger partial charge in [-0.3, -0.25) is 5.10 Å². The minimum atomic E-state index is 0.529. The molecule has 0 fully saturated rings. The first-order chi connectivity index (χ1) is 6.57. The molecule has 1 rings (SSSR count). The third kappa shape index (κ3) is 2.03. The van der Waals surface area contributed by atoms with Crippen molar-refractivity contribution >= 4 is 5.57 Å². The predicted octanol–water partition coefficient (Wildman–Crippen LogP) is 2.81. The number of rotatable bonds is 3. The highest BCUT2D eigenvalue weighted by Crippen LogP contribution is 2.28. The van der Waals surface area contributed by atoms with Gasteiger partial charge in [-0.05, 0) is 31.3 Å². The summed E-state index contributed by atoms with van der Waals surface area (Å²) >= 11 is 0. The number of hydrogen-bond donors (Lipinski definition) is 1. The van der Waals surface area contributed by atoms with Gasteiger partial charge in [0.1, 0.15) is 0 Å². The third-order valence-corrected chi connectivity index (χ3v) is 2.81. The molecule has 14 heavy (non-hydrogen) atoms. The van der Waals surface area contributed by atoms with Gasteiger partial charge in [0.15, 0.2) is 0 Å². The molecule has 1 heterocycles. The Hall–Kier alpha value is -1.12. The van der Waals surface area contributed by atoms with Crippen molar-refractivity contribution in [3.8, 4) is 0 Å². The number of nitrogens with zero attached hydrogens (tertiary/aromatic N) is 2. The molecule has 0 aliphatic rings. The van der Waals surface area contributed by atoms with E-state index in [-0.39, 0.29) is 0 Å². The molecule has 3 heteroatoms. The lowest BCUT2D eigenvalue weighted by Crippen LogP contribution is -2.07. The predicted molar refractivity (Wildman–Crippen MR) is 58.8 cm³/mol. The molecule has 1 aromatic rings. The Labute approximate surface area is 85.6 Å². The van der Waals surface area contributed by atoms with Gasteiger partial charge in [0.05, 0.1) is 11.4 Å². The fourth-order valence-electron chi connectivity index (χ4n) is 1.55. The van der Waals surface area contributed by atoms with E-state index in [1.807, 2.05) is 6.92 Å². The topological polar surface area (TPSA) is 41.6 Å².